The highest BCUT2D eigenvalue weighted by Gasteiger charge is 2.30. The second-order valence-corrected chi connectivity index (χ2v) is 6.10. The predicted molar refractivity (Wildman–Crippen MR) is 77.5 cm³/mol. The molecule has 0 aromatic heterocycles. The molecule has 112 valence electrons. The van der Waals surface area contributed by atoms with E-state index in [9.17, 15) is 8.78 Å². The van der Waals surface area contributed by atoms with Crippen LogP contribution in [0.15, 0.2) is 18.2 Å². The van der Waals surface area contributed by atoms with Gasteiger partial charge in [0.15, 0.2) is 11.6 Å². The lowest BCUT2D eigenvalue weighted by Gasteiger charge is -2.35. The maximum absolute atomic E-state index is 13.8. The topological polar surface area (TPSA) is 15.3 Å². The first-order chi connectivity index (χ1) is 9.45. The van der Waals surface area contributed by atoms with Crippen molar-refractivity contribution in [3.63, 3.8) is 0 Å². The molecular weight excluding hydrogens is 258 g/mol. The summed E-state index contributed by atoms with van der Waals surface area (Å²) < 4.78 is 27.2. The summed E-state index contributed by atoms with van der Waals surface area (Å²) in [6, 6.07) is 4.78. The number of hydrogen-bond donors (Lipinski definition) is 1. The highest BCUT2D eigenvalue weighted by molar-refractivity contribution is 5.19. The zero-order valence-electron chi connectivity index (χ0n) is 12.5. The van der Waals surface area contributed by atoms with Crippen LogP contribution in [0.3, 0.4) is 0 Å². The Kier molecular flexibility index (Phi) is 4.76. The molecule has 1 aromatic carbocycles. The number of nitrogens with one attached hydrogen (secondary N) is 1. The van der Waals surface area contributed by atoms with Crippen LogP contribution in [-0.2, 0) is 6.54 Å². The van der Waals surface area contributed by atoms with E-state index in [2.05, 4.69) is 31.0 Å². The Morgan fingerprint density at radius 2 is 2.15 bits per heavy atom. The van der Waals surface area contributed by atoms with E-state index >= 15 is 0 Å². The fourth-order valence-corrected chi connectivity index (χ4v) is 2.76. The summed E-state index contributed by atoms with van der Waals surface area (Å²) >= 11 is 0. The smallest absolute Gasteiger partial charge is 0.163 e. The molecular formula is C16H24F2N2. The van der Waals surface area contributed by atoms with Gasteiger partial charge in [0.1, 0.15) is 0 Å². The summed E-state index contributed by atoms with van der Waals surface area (Å²) in [5.41, 5.74) is 0.478. The Morgan fingerprint density at radius 3 is 2.85 bits per heavy atom. The molecule has 1 aliphatic heterocycles. The Balaban J connectivity index is 2.18. The van der Waals surface area contributed by atoms with Gasteiger partial charge in [0.2, 0.25) is 0 Å². The lowest BCUT2D eigenvalue weighted by Crippen LogP contribution is -2.49. The minimum atomic E-state index is -0.763. The molecule has 1 N–H and O–H groups in total. The van der Waals surface area contributed by atoms with Crippen LogP contribution < -0.4 is 5.32 Å². The van der Waals surface area contributed by atoms with Crippen LogP contribution in [0.4, 0.5) is 8.78 Å². The van der Waals surface area contributed by atoms with Gasteiger partial charge in [-0.3, -0.25) is 4.90 Å². The molecule has 1 heterocycles. The zero-order valence-corrected chi connectivity index (χ0v) is 12.5. The molecule has 0 bridgehead atoms. The average molecular weight is 282 g/mol. The van der Waals surface area contributed by atoms with Gasteiger partial charge in [-0.15, -0.1) is 0 Å². The molecule has 2 atom stereocenters. The molecule has 0 amide bonds. The lowest BCUT2D eigenvalue weighted by atomic mass is 9.98. The van der Waals surface area contributed by atoms with Crippen LogP contribution in [0.25, 0.3) is 0 Å². The molecule has 2 nitrogen and oxygen atoms in total. The summed E-state index contributed by atoms with van der Waals surface area (Å²) in [5, 5.41) is 3.57. The quantitative estimate of drug-likeness (QED) is 0.915. The summed E-state index contributed by atoms with van der Waals surface area (Å²) in [6.45, 7) is 8.78. The van der Waals surface area contributed by atoms with Crippen LogP contribution in [0.5, 0.6) is 0 Å². The minimum absolute atomic E-state index is 0.0363. The Bertz CT molecular complexity index is 464. The van der Waals surface area contributed by atoms with Crippen molar-refractivity contribution in [2.24, 2.45) is 0 Å². The largest absolute Gasteiger partial charge is 0.310 e. The first kappa shape index (κ1) is 15.4. The summed E-state index contributed by atoms with van der Waals surface area (Å²) in [4.78, 5) is 2.25. The van der Waals surface area contributed by atoms with E-state index < -0.39 is 11.6 Å². The van der Waals surface area contributed by atoms with Crippen LogP contribution in [-0.4, -0.2) is 29.6 Å². The van der Waals surface area contributed by atoms with Crippen molar-refractivity contribution in [1.82, 2.24) is 10.2 Å². The summed E-state index contributed by atoms with van der Waals surface area (Å²) in [6.07, 6.45) is 2.04. The van der Waals surface area contributed by atoms with Crippen molar-refractivity contribution in [1.29, 1.82) is 0 Å². The van der Waals surface area contributed by atoms with Gasteiger partial charge < -0.3 is 5.32 Å². The van der Waals surface area contributed by atoms with Crippen LogP contribution in [0, 0.1) is 11.6 Å². The molecule has 0 spiro atoms. The fourth-order valence-electron chi connectivity index (χ4n) is 2.76. The first-order valence-corrected chi connectivity index (χ1v) is 7.37. The molecule has 1 aliphatic rings. The third-order valence-electron chi connectivity index (χ3n) is 4.47. The van der Waals surface area contributed by atoms with Crippen LogP contribution >= 0.6 is 0 Å². The predicted octanol–water partition coefficient (Wildman–Crippen LogP) is 3.32. The number of benzene rings is 1. The normalized spacial score (nSPS) is 28.4. The molecule has 20 heavy (non-hydrogen) atoms. The molecule has 0 saturated carbocycles. The molecule has 1 saturated heterocycles. The zero-order chi connectivity index (χ0) is 14.8. The van der Waals surface area contributed by atoms with Gasteiger partial charge in [-0.25, -0.2) is 8.78 Å². The number of rotatable bonds is 3. The lowest BCUT2D eigenvalue weighted by molar-refractivity contribution is 0.161. The minimum Gasteiger partial charge on any atom is -0.310 e. The SMILES string of the molecule is CCC1(C)CN(Cc2cccc(F)c2F)C(C)CCN1. The van der Waals surface area contributed by atoms with Gasteiger partial charge in [0, 0.05) is 30.2 Å². The van der Waals surface area contributed by atoms with Gasteiger partial charge in [-0.2, -0.15) is 0 Å². The van der Waals surface area contributed by atoms with Crippen LogP contribution in [0.2, 0.25) is 0 Å². The van der Waals surface area contributed by atoms with E-state index in [0.717, 1.165) is 25.9 Å². The third kappa shape index (κ3) is 3.36. The maximum atomic E-state index is 13.8. The maximum Gasteiger partial charge on any atom is 0.163 e. The van der Waals surface area contributed by atoms with Gasteiger partial charge >= 0.3 is 0 Å². The van der Waals surface area contributed by atoms with Crippen molar-refractivity contribution in [3.8, 4) is 0 Å². The molecule has 0 radical (unpaired) electrons. The molecule has 1 fully saturated rings. The standard InChI is InChI=1S/C16H24F2N2/c1-4-16(3)11-20(12(2)8-9-19-16)10-13-6-5-7-14(17)15(13)18/h5-7,12,19H,4,8-11H2,1-3H3. The van der Waals surface area contributed by atoms with E-state index in [1.54, 1.807) is 12.1 Å². The molecule has 2 rings (SSSR count). The molecule has 2 unspecified atom stereocenters. The number of nitrogens with zero attached hydrogens (tertiary/aromatic N) is 1. The van der Waals surface area contributed by atoms with E-state index in [4.69, 9.17) is 0 Å². The highest BCUT2D eigenvalue weighted by atomic mass is 19.2. The number of hydrogen-bond acceptors (Lipinski definition) is 2. The van der Waals surface area contributed by atoms with E-state index in [1.807, 2.05) is 0 Å². The molecule has 1 aromatic rings. The van der Waals surface area contributed by atoms with E-state index in [1.165, 1.54) is 6.07 Å². The second kappa shape index (κ2) is 6.19. The fraction of sp³-hybridized carbons (Fsp3) is 0.625. The summed E-state index contributed by atoms with van der Waals surface area (Å²) in [5.74, 6) is -1.48. The van der Waals surface area contributed by atoms with Crippen molar-refractivity contribution in [2.45, 2.75) is 51.7 Å². The molecule has 4 heteroatoms. The Labute approximate surface area is 120 Å². The van der Waals surface area contributed by atoms with E-state index in [-0.39, 0.29) is 5.54 Å². The third-order valence-corrected chi connectivity index (χ3v) is 4.47. The Morgan fingerprint density at radius 1 is 1.40 bits per heavy atom. The first-order valence-electron chi connectivity index (χ1n) is 7.37. The van der Waals surface area contributed by atoms with Crippen molar-refractivity contribution >= 4 is 0 Å². The highest BCUT2D eigenvalue weighted by Crippen LogP contribution is 2.22. The van der Waals surface area contributed by atoms with Gasteiger partial charge in [-0.1, -0.05) is 19.1 Å². The van der Waals surface area contributed by atoms with Gasteiger partial charge in [0.05, 0.1) is 0 Å². The average Bonchev–Trinajstić information content (AvgIpc) is 2.56. The van der Waals surface area contributed by atoms with Crippen molar-refractivity contribution < 1.29 is 8.78 Å². The van der Waals surface area contributed by atoms with Crippen molar-refractivity contribution in [2.75, 3.05) is 13.1 Å². The Hall–Kier alpha value is -1.00. The van der Waals surface area contributed by atoms with Gasteiger partial charge in [0.25, 0.3) is 0 Å². The van der Waals surface area contributed by atoms with Crippen LogP contribution in [0.1, 0.15) is 39.2 Å². The summed E-state index contributed by atoms with van der Waals surface area (Å²) in [7, 11) is 0. The molecule has 0 aliphatic carbocycles. The second-order valence-electron chi connectivity index (χ2n) is 6.10. The van der Waals surface area contributed by atoms with Gasteiger partial charge in [-0.05, 0) is 39.3 Å². The van der Waals surface area contributed by atoms with E-state index in [0.29, 0.717) is 18.2 Å². The number of halogens is 2. The monoisotopic (exact) mass is 282 g/mol. The van der Waals surface area contributed by atoms with Crippen molar-refractivity contribution in [3.05, 3.63) is 35.4 Å².